The van der Waals surface area contributed by atoms with E-state index in [1.54, 1.807) is 17.4 Å². The van der Waals surface area contributed by atoms with E-state index in [0.717, 1.165) is 46.5 Å². The SMILES string of the molecule is CN1CCSc2cc(-c3nc(Nc4cc5c(cc4Cl)CNCC5)ncc3C(F)(F)F)sc2S1=O. The van der Waals surface area contributed by atoms with Crippen LogP contribution < -0.4 is 10.6 Å². The van der Waals surface area contributed by atoms with Crippen molar-refractivity contribution in [1.82, 2.24) is 19.6 Å². The Balaban J connectivity index is 1.55. The number of benzene rings is 1. The van der Waals surface area contributed by atoms with Gasteiger partial charge in [-0.1, -0.05) is 11.6 Å². The molecule has 3 aromatic rings. The summed E-state index contributed by atoms with van der Waals surface area (Å²) in [6.45, 7) is 2.18. The molecule has 34 heavy (non-hydrogen) atoms. The van der Waals surface area contributed by atoms with Crippen LogP contribution in [-0.2, 0) is 30.1 Å². The summed E-state index contributed by atoms with van der Waals surface area (Å²) >= 11 is 8.97. The number of halogens is 4. The zero-order chi connectivity index (χ0) is 24.0. The molecule has 2 aromatic heterocycles. The Morgan fingerprint density at radius 1 is 1.26 bits per heavy atom. The number of fused-ring (bicyclic) bond motifs is 2. The van der Waals surface area contributed by atoms with Crippen molar-refractivity contribution in [2.75, 3.05) is 31.2 Å². The lowest BCUT2D eigenvalue weighted by Gasteiger charge is -2.19. The molecule has 0 aliphatic carbocycles. The predicted molar refractivity (Wildman–Crippen MR) is 130 cm³/mol. The summed E-state index contributed by atoms with van der Waals surface area (Å²) in [6, 6.07) is 5.37. The summed E-state index contributed by atoms with van der Waals surface area (Å²) in [5.74, 6) is 0.703. The van der Waals surface area contributed by atoms with Gasteiger partial charge in [-0.2, -0.15) is 13.2 Å². The van der Waals surface area contributed by atoms with Gasteiger partial charge in [-0.05, 0) is 42.3 Å². The van der Waals surface area contributed by atoms with Crippen LogP contribution in [-0.4, -0.2) is 44.4 Å². The molecule has 1 aromatic carbocycles. The minimum atomic E-state index is -4.64. The highest BCUT2D eigenvalue weighted by atomic mass is 35.5. The predicted octanol–water partition coefficient (Wildman–Crippen LogP) is 5.33. The molecule has 0 saturated heterocycles. The summed E-state index contributed by atoms with van der Waals surface area (Å²) in [6.07, 6.45) is -3.04. The number of thioether (sulfide) groups is 1. The van der Waals surface area contributed by atoms with Crippen molar-refractivity contribution in [2.45, 2.75) is 28.2 Å². The third kappa shape index (κ3) is 4.71. The number of nitrogens with zero attached hydrogens (tertiary/aromatic N) is 3. The number of alkyl halides is 3. The average molecular weight is 546 g/mol. The zero-order valence-electron chi connectivity index (χ0n) is 17.8. The first-order valence-corrected chi connectivity index (χ1v) is 13.6. The third-order valence-electron chi connectivity index (χ3n) is 5.52. The van der Waals surface area contributed by atoms with Crippen molar-refractivity contribution >= 4 is 57.3 Å². The van der Waals surface area contributed by atoms with Crippen LogP contribution in [0.3, 0.4) is 0 Å². The van der Waals surface area contributed by atoms with Gasteiger partial charge in [0.1, 0.15) is 20.8 Å². The van der Waals surface area contributed by atoms with Gasteiger partial charge in [-0.3, -0.25) is 0 Å². The molecule has 180 valence electrons. The summed E-state index contributed by atoms with van der Waals surface area (Å²) in [7, 11) is 0.302. The second-order valence-electron chi connectivity index (χ2n) is 7.82. The lowest BCUT2D eigenvalue weighted by Crippen LogP contribution is -2.23. The topological polar surface area (TPSA) is 70.2 Å². The molecular weight excluding hydrogens is 527 g/mol. The molecule has 4 heterocycles. The standard InChI is InChI=1S/C21H19ClF3N5OS3/c1-30-4-5-32-17-8-16(33-19(17)34(30)31)18-13(21(23,24)25)10-27-20(29-18)28-15-7-11-2-3-26-9-12(11)6-14(15)22/h6-8,10,26H,2-5,9H2,1H3,(H,27,28,29). The minimum absolute atomic E-state index is 0.00766. The Morgan fingerprint density at radius 3 is 2.88 bits per heavy atom. The van der Waals surface area contributed by atoms with E-state index in [1.165, 1.54) is 11.8 Å². The van der Waals surface area contributed by atoms with E-state index >= 15 is 0 Å². The normalized spacial score (nSPS) is 18.8. The fourth-order valence-electron chi connectivity index (χ4n) is 3.76. The molecule has 2 aliphatic rings. The fourth-order valence-corrected chi connectivity index (χ4v) is 8.28. The summed E-state index contributed by atoms with van der Waals surface area (Å²) in [5, 5.41) is 6.70. The average Bonchev–Trinajstić information content (AvgIpc) is 3.17. The van der Waals surface area contributed by atoms with Crippen LogP contribution in [0.2, 0.25) is 5.02 Å². The first-order chi connectivity index (χ1) is 16.2. The van der Waals surface area contributed by atoms with Crippen LogP contribution in [0.5, 0.6) is 0 Å². The van der Waals surface area contributed by atoms with E-state index in [4.69, 9.17) is 11.6 Å². The van der Waals surface area contributed by atoms with Gasteiger partial charge >= 0.3 is 6.18 Å². The highest BCUT2D eigenvalue weighted by Crippen LogP contribution is 2.44. The summed E-state index contributed by atoms with van der Waals surface area (Å²) < 4.78 is 56.5. The van der Waals surface area contributed by atoms with Gasteiger partial charge < -0.3 is 10.6 Å². The molecule has 0 amide bonds. The highest BCUT2D eigenvalue weighted by Gasteiger charge is 2.37. The van der Waals surface area contributed by atoms with Crippen molar-refractivity contribution < 1.29 is 17.4 Å². The van der Waals surface area contributed by atoms with Gasteiger partial charge in [0.05, 0.1) is 21.3 Å². The Hall–Kier alpha value is -1.70. The second-order valence-corrected chi connectivity index (χ2v) is 12.2. The van der Waals surface area contributed by atoms with Gasteiger partial charge in [0.15, 0.2) is 0 Å². The Kier molecular flexibility index (Phi) is 6.64. The van der Waals surface area contributed by atoms with Crippen LogP contribution in [0.4, 0.5) is 24.8 Å². The quantitative estimate of drug-likeness (QED) is 0.464. The van der Waals surface area contributed by atoms with Crippen molar-refractivity contribution in [3.05, 3.63) is 46.1 Å². The van der Waals surface area contributed by atoms with E-state index in [-0.39, 0.29) is 11.6 Å². The first-order valence-electron chi connectivity index (χ1n) is 10.3. The van der Waals surface area contributed by atoms with Crippen LogP contribution in [0.15, 0.2) is 33.5 Å². The smallest absolute Gasteiger partial charge is 0.323 e. The molecule has 0 saturated carbocycles. The summed E-state index contributed by atoms with van der Waals surface area (Å²) in [4.78, 5) is 9.18. The molecule has 0 bridgehead atoms. The molecule has 6 nitrogen and oxygen atoms in total. The fraction of sp³-hybridized carbons (Fsp3) is 0.333. The van der Waals surface area contributed by atoms with Crippen LogP contribution >= 0.6 is 34.7 Å². The van der Waals surface area contributed by atoms with Crippen LogP contribution in [0.1, 0.15) is 16.7 Å². The lowest BCUT2D eigenvalue weighted by molar-refractivity contribution is -0.137. The zero-order valence-corrected chi connectivity index (χ0v) is 21.0. The molecular formula is C21H19ClF3N5OS3. The van der Waals surface area contributed by atoms with E-state index in [1.807, 2.05) is 12.1 Å². The molecule has 1 unspecified atom stereocenters. The van der Waals surface area contributed by atoms with E-state index in [0.29, 0.717) is 38.6 Å². The Morgan fingerprint density at radius 2 is 2.09 bits per heavy atom. The van der Waals surface area contributed by atoms with Gasteiger partial charge in [0.2, 0.25) is 5.95 Å². The molecule has 13 heteroatoms. The number of hydrogen-bond donors (Lipinski definition) is 2. The van der Waals surface area contributed by atoms with Crippen molar-refractivity contribution in [2.24, 2.45) is 0 Å². The van der Waals surface area contributed by atoms with E-state index in [2.05, 4.69) is 20.6 Å². The van der Waals surface area contributed by atoms with Gasteiger partial charge in [0, 0.05) is 37.0 Å². The van der Waals surface area contributed by atoms with Gasteiger partial charge in [-0.25, -0.2) is 18.5 Å². The number of rotatable bonds is 3. The largest absolute Gasteiger partial charge is 0.420 e. The number of nitrogens with one attached hydrogen (secondary N) is 2. The molecule has 5 rings (SSSR count). The molecule has 0 fully saturated rings. The molecule has 0 spiro atoms. The molecule has 2 aliphatic heterocycles. The van der Waals surface area contributed by atoms with Gasteiger partial charge in [0.25, 0.3) is 0 Å². The van der Waals surface area contributed by atoms with Crippen molar-refractivity contribution in [1.29, 1.82) is 0 Å². The number of thiophene rings is 1. The molecule has 0 radical (unpaired) electrons. The monoisotopic (exact) mass is 545 g/mol. The van der Waals surface area contributed by atoms with E-state index < -0.39 is 22.7 Å². The Bertz CT molecular complexity index is 1280. The van der Waals surface area contributed by atoms with E-state index in [9.17, 15) is 17.4 Å². The van der Waals surface area contributed by atoms with Gasteiger partial charge in [-0.15, -0.1) is 23.1 Å². The maximum absolute atomic E-state index is 13.8. The Labute approximate surface area is 209 Å². The molecule has 1 atom stereocenters. The van der Waals surface area contributed by atoms with Crippen LogP contribution in [0, 0.1) is 0 Å². The maximum Gasteiger partial charge on any atom is 0.420 e. The summed E-state index contributed by atoms with van der Waals surface area (Å²) in [5.41, 5.74) is 1.55. The molecule has 2 N–H and O–H groups in total. The number of anilines is 2. The number of hydrogen-bond acceptors (Lipinski definition) is 7. The second kappa shape index (κ2) is 9.40. The van der Waals surface area contributed by atoms with Crippen LogP contribution in [0.25, 0.3) is 10.6 Å². The maximum atomic E-state index is 13.8. The first kappa shape index (κ1) is 24.0. The van der Waals surface area contributed by atoms with Crippen molar-refractivity contribution in [3.8, 4) is 10.6 Å². The highest BCUT2D eigenvalue weighted by molar-refractivity contribution is 8.00. The third-order valence-corrected chi connectivity index (χ3v) is 10.0. The lowest BCUT2D eigenvalue weighted by atomic mass is 10.0. The van der Waals surface area contributed by atoms with Crippen molar-refractivity contribution in [3.63, 3.8) is 0 Å². The number of aromatic nitrogens is 2. The minimum Gasteiger partial charge on any atom is -0.323 e.